The van der Waals surface area contributed by atoms with Gasteiger partial charge in [-0.1, -0.05) is 0 Å². The number of carbonyl (C=O) groups is 1. The molecule has 3 nitrogen and oxygen atoms in total. The van der Waals surface area contributed by atoms with Crippen LogP contribution < -0.4 is 0 Å². The molecule has 0 fully saturated rings. The van der Waals surface area contributed by atoms with Crippen LogP contribution in [0.5, 0.6) is 0 Å². The van der Waals surface area contributed by atoms with Crippen LogP contribution >= 0.6 is 0 Å². The van der Waals surface area contributed by atoms with Crippen molar-refractivity contribution < 1.29 is 49.4 Å². The van der Waals surface area contributed by atoms with E-state index in [-0.39, 0.29) is 6.92 Å². The topological polar surface area (TPSA) is 40.5 Å². The van der Waals surface area contributed by atoms with Gasteiger partial charge in [-0.25, -0.2) is 4.39 Å². The van der Waals surface area contributed by atoms with E-state index >= 15 is 0 Å². The van der Waals surface area contributed by atoms with Crippen LogP contribution in [-0.4, -0.2) is 59.6 Å². The molecule has 0 bridgehead atoms. The van der Waals surface area contributed by atoms with E-state index in [0.717, 1.165) is 14.1 Å². The number of hydrogen-bond donors (Lipinski definition) is 1. The Balaban J connectivity index is 6.05. The van der Waals surface area contributed by atoms with Crippen LogP contribution in [0.25, 0.3) is 0 Å². The molecule has 0 heterocycles. The SMILES string of the molecule is CN(C)C(=O)C(C)(O)CC(F)(C(F)(F)F)C(F)(F)C(F)(F)F. The number of hydrogen-bond acceptors (Lipinski definition) is 2. The molecule has 0 rings (SSSR count). The Morgan fingerprint density at radius 3 is 1.50 bits per heavy atom. The molecule has 2 unspecified atom stereocenters. The molecule has 22 heavy (non-hydrogen) atoms. The van der Waals surface area contributed by atoms with Crippen LogP contribution in [0.2, 0.25) is 0 Å². The Kier molecular flexibility index (Phi) is 5.16. The highest BCUT2D eigenvalue weighted by Gasteiger charge is 2.82. The summed E-state index contributed by atoms with van der Waals surface area (Å²) < 4.78 is 114. The van der Waals surface area contributed by atoms with Crippen LogP contribution in [0, 0.1) is 0 Å². The Bertz CT molecular complexity index is 427. The summed E-state index contributed by atoms with van der Waals surface area (Å²) in [5.74, 6) is -8.54. The summed E-state index contributed by atoms with van der Waals surface area (Å²) in [5, 5.41) is 9.45. The van der Waals surface area contributed by atoms with Gasteiger partial charge >= 0.3 is 18.3 Å². The van der Waals surface area contributed by atoms with Gasteiger partial charge in [0.05, 0.1) is 0 Å². The highest BCUT2D eigenvalue weighted by molar-refractivity contribution is 5.84. The summed E-state index contributed by atoms with van der Waals surface area (Å²) in [4.78, 5) is 11.8. The average Bonchev–Trinajstić information content (AvgIpc) is 2.23. The van der Waals surface area contributed by atoms with Gasteiger partial charge in [-0.05, 0) is 6.92 Å². The Hall–Kier alpha value is -1.20. The minimum absolute atomic E-state index is 0.210. The molecule has 1 N–H and O–H groups in total. The first-order valence-electron chi connectivity index (χ1n) is 5.45. The number of halogens is 9. The normalized spacial score (nSPS) is 19.3. The van der Waals surface area contributed by atoms with E-state index < -0.39 is 41.9 Å². The molecule has 12 heteroatoms. The minimum Gasteiger partial charge on any atom is -0.380 e. The third-order valence-electron chi connectivity index (χ3n) is 2.76. The van der Waals surface area contributed by atoms with Gasteiger partial charge < -0.3 is 10.0 Å². The van der Waals surface area contributed by atoms with Crippen LogP contribution in [0.3, 0.4) is 0 Å². The number of alkyl halides is 9. The number of carbonyl (C=O) groups excluding carboxylic acids is 1. The summed E-state index contributed by atoms with van der Waals surface area (Å²) >= 11 is 0. The van der Waals surface area contributed by atoms with Crippen molar-refractivity contribution in [2.75, 3.05) is 14.1 Å². The molecule has 0 aromatic rings. The summed E-state index contributed by atoms with van der Waals surface area (Å²) in [5.41, 5.74) is -9.63. The van der Waals surface area contributed by atoms with E-state index in [1.807, 2.05) is 0 Å². The molecule has 1 amide bonds. The maximum atomic E-state index is 13.8. The molecule has 2 atom stereocenters. The molecule has 0 saturated heterocycles. The quantitative estimate of drug-likeness (QED) is 0.793. The zero-order chi connectivity index (χ0) is 18.4. The summed E-state index contributed by atoms with van der Waals surface area (Å²) in [6.45, 7) is 0.210. The smallest absolute Gasteiger partial charge is 0.380 e. The Labute approximate surface area is 118 Å². The summed E-state index contributed by atoms with van der Waals surface area (Å²) in [6.07, 6.45) is -16.4. The second kappa shape index (κ2) is 5.46. The number of nitrogens with zero attached hydrogens (tertiary/aromatic N) is 1. The lowest BCUT2D eigenvalue weighted by atomic mass is 9.83. The lowest BCUT2D eigenvalue weighted by molar-refractivity contribution is -0.388. The van der Waals surface area contributed by atoms with Crippen molar-refractivity contribution in [1.82, 2.24) is 4.90 Å². The van der Waals surface area contributed by atoms with Crippen molar-refractivity contribution in [3.63, 3.8) is 0 Å². The first-order chi connectivity index (χ1) is 9.31. The second-order valence-corrected chi connectivity index (χ2v) is 5.02. The van der Waals surface area contributed by atoms with Gasteiger partial charge in [-0.3, -0.25) is 4.79 Å². The first-order valence-corrected chi connectivity index (χ1v) is 5.45. The predicted octanol–water partition coefficient (Wildman–Crippen LogP) is 2.68. The maximum absolute atomic E-state index is 13.8. The monoisotopic (exact) mass is 349 g/mol. The van der Waals surface area contributed by atoms with Gasteiger partial charge in [0.1, 0.15) is 5.60 Å². The molecule has 0 aromatic heterocycles. The molecular weight excluding hydrogens is 337 g/mol. The molecule has 0 aliphatic heterocycles. The zero-order valence-corrected chi connectivity index (χ0v) is 11.4. The fourth-order valence-electron chi connectivity index (χ4n) is 1.65. The van der Waals surface area contributed by atoms with Gasteiger partial charge in [0.15, 0.2) is 0 Å². The van der Waals surface area contributed by atoms with Crippen LogP contribution in [0.15, 0.2) is 0 Å². The average molecular weight is 349 g/mol. The van der Waals surface area contributed by atoms with Crippen molar-refractivity contribution in [2.24, 2.45) is 0 Å². The Morgan fingerprint density at radius 2 is 1.27 bits per heavy atom. The van der Waals surface area contributed by atoms with Gasteiger partial charge in [-0.2, -0.15) is 35.1 Å². The van der Waals surface area contributed by atoms with Gasteiger partial charge in [0, 0.05) is 20.5 Å². The van der Waals surface area contributed by atoms with Crippen LogP contribution in [0.4, 0.5) is 39.5 Å². The van der Waals surface area contributed by atoms with E-state index in [9.17, 15) is 49.4 Å². The highest BCUT2D eigenvalue weighted by atomic mass is 19.4. The maximum Gasteiger partial charge on any atom is 0.457 e. The standard InChI is InChI=1S/C10H12F9NO2/c1-6(22,5(21)20(2)3)4-7(11,9(14,15)16)8(12,13)10(17,18)19/h22H,4H2,1-3H3. The largest absolute Gasteiger partial charge is 0.457 e. The number of likely N-dealkylation sites (N-methyl/N-ethyl adjacent to an activating group) is 1. The third kappa shape index (κ3) is 3.41. The summed E-state index contributed by atoms with van der Waals surface area (Å²) in [6, 6.07) is 0. The fourth-order valence-corrected chi connectivity index (χ4v) is 1.65. The van der Waals surface area contributed by atoms with Crippen molar-refractivity contribution in [1.29, 1.82) is 0 Å². The van der Waals surface area contributed by atoms with Gasteiger partial charge in [0.2, 0.25) is 0 Å². The molecule has 0 saturated carbocycles. The fraction of sp³-hybridized carbons (Fsp3) is 0.900. The van der Waals surface area contributed by atoms with E-state index in [1.165, 1.54) is 0 Å². The van der Waals surface area contributed by atoms with Crippen LogP contribution in [0.1, 0.15) is 13.3 Å². The number of rotatable bonds is 4. The first kappa shape index (κ1) is 20.8. The van der Waals surface area contributed by atoms with Gasteiger partial charge in [0.25, 0.3) is 11.6 Å². The molecule has 0 aromatic carbocycles. The van der Waals surface area contributed by atoms with E-state index in [0.29, 0.717) is 4.90 Å². The molecule has 0 spiro atoms. The summed E-state index contributed by atoms with van der Waals surface area (Å²) in [7, 11) is 1.76. The number of aliphatic hydroxyl groups is 1. The molecule has 0 aliphatic rings. The Morgan fingerprint density at radius 1 is 0.909 bits per heavy atom. The highest BCUT2D eigenvalue weighted by Crippen LogP contribution is 2.55. The van der Waals surface area contributed by atoms with E-state index in [4.69, 9.17) is 0 Å². The van der Waals surface area contributed by atoms with E-state index in [1.54, 1.807) is 0 Å². The van der Waals surface area contributed by atoms with Crippen LogP contribution in [-0.2, 0) is 4.79 Å². The second-order valence-electron chi connectivity index (χ2n) is 5.02. The molecular formula is C10H12F9NO2. The van der Waals surface area contributed by atoms with Crippen molar-refractivity contribution in [3.8, 4) is 0 Å². The minimum atomic E-state index is -6.88. The third-order valence-corrected chi connectivity index (χ3v) is 2.76. The molecule has 0 aliphatic carbocycles. The predicted molar refractivity (Wildman–Crippen MR) is 54.8 cm³/mol. The van der Waals surface area contributed by atoms with Crippen molar-refractivity contribution in [2.45, 2.75) is 42.9 Å². The number of amides is 1. The van der Waals surface area contributed by atoms with Gasteiger partial charge in [-0.15, -0.1) is 0 Å². The molecule has 0 radical (unpaired) electrons. The lowest BCUT2D eigenvalue weighted by Gasteiger charge is -2.39. The molecule has 132 valence electrons. The van der Waals surface area contributed by atoms with Crippen molar-refractivity contribution in [3.05, 3.63) is 0 Å². The van der Waals surface area contributed by atoms with E-state index in [2.05, 4.69) is 0 Å². The van der Waals surface area contributed by atoms with Crippen molar-refractivity contribution >= 4 is 5.91 Å². The lowest BCUT2D eigenvalue weighted by Crippen LogP contribution is -2.65. The zero-order valence-electron chi connectivity index (χ0n) is 11.4.